The van der Waals surface area contributed by atoms with Crippen LogP contribution in [-0.4, -0.2) is 20.7 Å². The van der Waals surface area contributed by atoms with Gasteiger partial charge < -0.3 is 0 Å². The molecular weight excluding hydrogens is 287 g/mol. The molecule has 2 rings (SSSR count). The van der Waals surface area contributed by atoms with E-state index in [1.807, 2.05) is 56.3 Å². The van der Waals surface area contributed by atoms with E-state index < -0.39 is 0 Å². The molecule has 2 aromatic carbocycles. The molecular formula is C16H16OSe. The van der Waals surface area contributed by atoms with Gasteiger partial charge >= 0.3 is 114 Å². The van der Waals surface area contributed by atoms with Gasteiger partial charge in [0.05, 0.1) is 0 Å². The zero-order valence-corrected chi connectivity index (χ0v) is 12.3. The fourth-order valence-corrected chi connectivity index (χ4v) is 3.74. The van der Waals surface area contributed by atoms with Gasteiger partial charge in [-0.2, -0.15) is 0 Å². The molecule has 0 aliphatic rings. The summed E-state index contributed by atoms with van der Waals surface area (Å²) in [7, 11) is 0. The minimum atomic E-state index is 0.0857. The minimum absolute atomic E-state index is 0.0857. The fraction of sp³-hybridized carbons (Fsp3) is 0.188. The summed E-state index contributed by atoms with van der Waals surface area (Å²) >= 11 is 0.198. The number of benzene rings is 2. The standard InChI is InChI=1S/C16H16OSe/c1-12-8-10-14(11-9-12)16(17)13(2)18-15-6-4-3-5-7-15/h3-11,13H,1-2H3. The van der Waals surface area contributed by atoms with Crippen molar-refractivity contribution in [1.29, 1.82) is 0 Å². The summed E-state index contributed by atoms with van der Waals surface area (Å²) in [6, 6.07) is 18.1. The molecule has 0 N–H and O–H groups in total. The Labute approximate surface area is 114 Å². The molecule has 0 fully saturated rings. The summed E-state index contributed by atoms with van der Waals surface area (Å²) in [5.41, 5.74) is 2.01. The molecule has 0 aliphatic carbocycles. The van der Waals surface area contributed by atoms with E-state index in [0.717, 1.165) is 5.56 Å². The van der Waals surface area contributed by atoms with Crippen LogP contribution >= 0.6 is 0 Å². The molecule has 92 valence electrons. The van der Waals surface area contributed by atoms with Crippen molar-refractivity contribution >= 4 is 25.2 Å². The fourth-order valence-electron chi connectivity index (χ4n) is 1.71. The van der Waals surface area contributed by atoms with Crippen molar-refractivity contribution in [3.8, 4) is 0 Å². The first-order valence-corrected chi connectivity index (χ1v) is 7.84. The van der Waals surface area contributed by atoms with Gasteiger partial charge in [-0.05, 0) is 0 Å². The van der Waals surface area contributed by atoms with E-state index >= 15 is 0 Å². The first-order valence-electron chi connectivity index (χ1n) is 5.99. The number of Topliss-reactive ketones (excluding diaryl/α,β-unsaturated/α-hetero) is 1. The van der Waals surface area contributed by atoms with Crippen LogP contribution in [0.25, 0.3) is 0 Å². The molecule has 0 saturated carbocycles. The number of aryl methyl sites for hydroxylation is 1. The van der Waals surface area contributed by atoms with Crippen LogP contribution in [0.2, 0.25) is 4.82 Å². The Balaban J connectivity index is 2.07. The average molecular weight is 303 g/mol. The van der Waals surface area contributed by atoms with Crippen molar-refractivity contribution in [2.75, 3.05) is 0 Å². The second-order valence-corrected chi connectivity index (χ2v) is 7.27. The Kier molecular flexibility index (Phi) is 4.35. The van der Waals surface area contributed by atoms with Gasteiger partial charge in [-0.3, -0.25) is 0 Å². The Hall–Kier alpha value is -1.37. The molecule has 0 spiro atoms. The Morgan fingerprint density at radius 2 is 1.61 bits per heavy atom. The van der Waals surface area contributed by atoms with Gasteiger partial charge in [0.25, 0.3) is 0 Å². The van der Waals surface area contributed by atoms with Crippen molar-refractivity contribution in [3.05, 3.63) is 65.7 Å². The van der Waals surface area contributed by atoms with E-state index in [9.17, 15) is 4.79 Å². The van der Waals surface area contributed by atoms with Gasteiger partial charge in [-0.1, -0.05) is 0 Å². The number of ketones is 1. The van der Waals surface area contributed by atoms with Gasteiger partial charge in [0.15, 0.2) is 0 Å². The molecule has 0 aliphatic heterocycles. The van der Waals surface area contributed by atoms with Gasteiger partial charge in [0.2, 0.25) is 0 Å². The molecule has 1 atom stereocenters. The molecule has 0 saturated heterocycles. The van der Waals surface area contributed by atoms with Crippen LogP contribution in [0, 0.1) is 6.92 Å². The third-order valence-corrected chi connectivity index (χ3v) is 5.09. The van der Waals surface area contributed by atoms with Crippen LogP contribution in [0.15, 0.2) is 54.6 Å². The van der Waals surface area contributed by atoms with Crippen LogP contribution < -0.4 is 4.46 Å². The second-order valence-electron chi connectivity index (χ2n) is 4.30. The van der Waals surface area contributed by atoms with Crippen molar-refractivity contribution in [2.45, 2.75) is 18.7 Å². The van der Waals surface area contributed by atoms with E-state index in [2.05, 4.69) is 12.1 Å². The summed E-state index contributed by atoms with van der Waals surface area (Å²) in [6.45, 7) is 4.06. The predicted molar refractivity (Wildman–Crippen MR) is 76.8 cm³/mol. The van der Waals surface area contributed by atoms with Gasteiger partial charge in [-0.25, -0.2) is 0 Å². The number of hydrogen-bond acceptors (Lipinski definition) is 1. The molecule has 0 amide bonds. The quantitative estimate of drug-likeness (QED) is 0.627. The summed E-state index contributed by atoms with van der Waals surface area (Å²) in [6.07, 6.45) is 0. The van der Waals surface area contributed by atoms with Crippen molar-refractivity contribution in [3.63, 3.8) is 0 Å². The average Bonchev–Trinajstić information content (AvgIpc) is 2.40. The van der Waals surface area contributed by atoms with E-state index in [-0.39, 0.29) is 25.6 Å². The van der Waals surface area contributed by atoms with Crippen molar-refractivity contribution < 1.29 is 4.79 Å². The van der Waals surface area contributed by atoms with E-state index in [0.29, 0.717) is 0 Å². The summed E-state index contributed by atoms with van der Waals surface area (Å²) in [4.78, 5) is 12.4. The molecule has 1 unspecified atom stereocenters. The number of hydrogen-bond donors (Lipinski definition) is 0. The molecule has 18 heavy (non-hydrogen) atoms. The van der Waals surface area contributed by atoms with E-state index in [4.69, 9.17) is 0 Å². The third-order valence-electron chi connectivity index (χ3n) is 2.76. The maximum absolute atomic E-state index is 12.3. The molecule has 0 bridgehead atoms. The van der Waals surface area contributed by atoms with Gasteiger partial charge in [0.1, 0.15) is 0 Å². The molecule has 0 heterocycles. The summed E-state index contributed by atoms with van der Waals surface area (Å²) in [5, 5.41) is 0. The number of carbonyl (C=O) groups excluding carboxylic acids is 1. The van der Waals surface area contributed by atoms with Crippen LogP contribution in [0.3, 0.4) is 0 Å². The Bertz CT molecular complexity index is 517. The Morgan fingerprint density at radius 1 is 1.00 bits per heavy atom. The van der Waals surface area contributed by atoms with Gasteiger partial charge in [-0.15, -0.1) is 0 Å². The molecule has 2 aromatic rings. The maximum atomic E-state index is 12.3. The van der Waals surface area contributed by atoms with E-state index in [1.165, 1.54) is 10.0 Å². The predicted octanol–water partition coefficient (Wildman–Crippen LogP) is 3.02. The summed E-state index contributed by atoms with van der Waals surface area (Å²) in [5.74, 6) is 0.249. The number of carbonyl (C=O) groups is 1. The van der Waals surface area contributed by atoms with Crippen LogP contribution in [0.5, 0.6) is 0 Å². The summed E-state index contributed by atoms with van der Waals surface area (Å²) < 4.78 is 1.28. The second kappa shape index (κ2) is 5.99. The monoisotopic (exact) mass is 304 g/mol. The van der Waals surface area contributed by atoms with E-state index in [1.54, 1.807) is 0 Å². The Morgan fingerprint density at radius 3 is 2.22 bits per heavy atom. The van der Waals surface area contributed by atoms with Gasteiger partial charge in [0, 0.05) is 0 Å². The molecule has 1 nitrogen and oxygen atoms in total. The first kappa shape index (κ1) is 13.1. The molecule has 0 radical (unpaired) electrons. The van der Waals surface area contributed by atoms with Crippen LogP contribution in [0.1, 0.15) is 22.8 Å². The number of rotatable bonds is 4. The van der Waals surface area contributed by atoms with Crippen LogP contribution in [-0.2, 0) is 0 Å². The topological polar surface area (TPSA) is 17.1 Å². The van der Waals surface area contributed by atoms with Crippen LogP contribution in [0.4, 0.5) is 0 Å². The van der Waals surface area contributed by atoms with Crippen molar-refractivity contribution in [2.24, 2.45) is 0 Å². The SMILES string of the molecule is Cc1ccc(C(=O)C(C)[Se]c2ccccc2)cc1. The molecule has 0 aromatic heterocycles. The molecule has 2 heteroatoms. The zero-order valence-electron chi connectivity index (χ0n) is 10.6. The first-order chi connectivity index (χ1) is 8.66. The third kappa shape index (κ3) is 3.32. The normalized spacial score (nSPS) is 12.1. The zero-order chi connectivity index (χ0) is 13.0. The van der Waals surface area contributed by atoms with Crippen molar-refractivity contribution in [1.82, 2.24) is 0 Å².